The van der Waals surface area contributed by atoms with Crippen LogP contribution in [0.4, 0.5) is 0 Å². The van der Waals surface area contributed by atoms with Crippen molar-refractivity contribution in [2.75, 3.05) is 0 Å². The van der Waals surface area contributed by atoms with Crippen LogP contribution < -0.4 is 10.5 Å². The Hall–Kier alpha value is -1.59. The van der Waals surface area contributed by atoms with E-state index in [2.05, 4.69) is 17.1 Å². The fraction of sp³-hybridized carbons (Fsp3) is 0.429. The van der Waals surface area contributed by atoms with E-state index in [-0.39, 0.29) is 12.1 Å². The van der Waals surface area contributed by atoms with Crippen molar-refractivity contribution in [2.45, 2.75) is 38.8 Å². The number of halogens is 1. The lowest BCUT2D eigenvalue weighted by molar-refractivity contribution is 0.175. The predicted molar refractivity (Wildman–Crippen MR) is 76.6 cm³/mol. The molecule has 6 heteroatoms. The van der Waals surface area contributed by atoms with E-state index in [1.807, 2.05) is 19.1 Å². The number of ether oxygens (including phenoxy) is 1. The number of nitrogens with zero attached hydrogens (tertiary/aromatic N) is 2. The second kappa shape index (κ2) is 6.72. The maximum absolute atomic E-state index is 5.95. The van der Waals surface area contributed by atoms with Gasteiger partial charge in [-0.3, -0.25) is 0 Å². The van der Waals surface area contributed by atoms with Gasteiger partial charge in [0.25, 0.3) is 5.89 Å². The lowest BCUT2D eigenvalue weighted by Crippen LogP contribution is -2.12. The van der Waals surface area contributed by atoms with Crippen molar-refractivity contribution >= 4 is 11.6 Å². The summed E-state index contributed by atoms with van der Waals surface area (Å²) in [4.78, 5) is 4.29. The third kappa shape index (κ3) is 3.71. The van der Waals surface area contributed by atoms with Gasteiger partial charge in [0, 0.05) is 5.02 Å². The van der Waals surface area contributed by atoms with E-state index in [1.165, 1.54) is 0 Å². The van der Waals surface area contributed by atoms with Crippen LogP contribution in [0.15, 0.2) is 28.8 Å². The summed E-state index contributed by atoms with van der Waals surface area (Å²) >= 11 is 5.91. The molecule has 20 heavy (non-hydrogen) atoms. The Bertz CT molecular complexity index is 559. The van der Waals surface area contributed by atoms with Crippen LogP contribution in [-0.4, -0.2) is 10.1 Å². The molecule has 0 radical (unpaired) electrons. The quantitative estimate of drug-likeness (QED) is 0.880. The molecule has 2 atom stereocenters. The number of aromatic nitrogens is 2. The molecule has 0 spiro atoms. The lowest BCUT2D eigenvalue weighted by Gasteiger charge is -2.10. The van der Waals surface area contributed by atoms with Crippen LogP contribution in [0.1, 0.15) is 50.6 Å². The molecule has 1 aromatic heterocycles. The molecule has 0 aliphatic carbocycles. The molecule has 1 heterocycles. The molecule has 0 amide bonds. The first-order chi connectivity index (χ1) is 9.60. The van der Waals surface area contributed by atoms with E-state index < -0.39 is 0 Å². The topological polar surface area (TPSA) is 74.2 Å². The van der Waals surface area contributed by atoms with Gasteiger partial charge in [-0.05, 0) is 31.5 Å². The average molecular weight is 296 g/mol. The van der Waals surface area contributed by atoms with Gasteiger partial charge in [0.15, 0.2) is 11.9 Å². The molecular formula is C14H18ClN3O2. The Kier molecular flexibility index (Phi) is 4.98. The molecular weight excluding hydrogens is 278 g/mol. The fourth-order valence-electron chi connectivity index (χ4n) is 1.80. The van der Waals surface area contributed by atoms with E-state index in [0.717, 1.165) is 12.8 Å². The fourth-order valence-corrected chi connectivity index (χ4v) is 1.98. The molecule has 0 saturated carbocycles. The summed E-state index contributed by atoms with van der Waals surface area (Å²) in [5.41, 5.74) is 5.95. The molecule has 2 unspecified atom stereocenters. The maximum Gasteiger partial charge on any atom is 0.267 e. The minimum absolute atomic E-state index is 0.198. The molecule has 5 nitrogen and oxygen atoms in total. The number of hydrogen-bond acceptors (Lipinski definition) is 5. The molecule has 0 fully saturated rings. The van der Waals surface area contributed by atoms with E-state index >= 15 is 0 Å². The standard InChI is InChI=1S/C14H18ClN3O2/c1-3-5-12(16)13-17-14(20-18-13)9(2)19-11-7-4-6-10(15)8-11/h4,6-9,12H,3,5,16H2,1-2H3. The van der Waals surface area contributed by atoms with E-state index in [4.69, 9.17) is 26.6 Å². The highest BCUT2D eigenvalue weighted by Gasteiger charge is 2.19. The van der Waals surface area contributed by atoms with Gasteiger partial charge in [-0.2, -0.15) is 4.98 Å². The Morgan fingerprint density at radius 3 is 2.95 bits per heavy atom. The number of benzene rings is 1. The third-order valence-electron chi connectivity index (χ3n) is 2.85. The molecule has 0 saturated heterocycles. The zero-order valence-electron chi connectivity index (χ0n) is 11.5. The van der Waals surface area contributed by atoms with Crippen molar-refractivity contribution < 1.29 is 9.26 Å². The van der Waals surface area contributed by atoms with Crippen LogP contribution >= 0.6 is 11.6 Å². The first kappa shape index (κ1) is 14.8. The largest absolute Gasteiger partial charge is 0.481 e. The van der Waals surface area contributed by atoms with Crippen molar-refractivity contribution in [3.63, 3.8) is 0 Å². The summed E-state index contributed by atoms with van der Waals surface area (Å²) < 4.78 is 10.9. The van der Waals surface area contributed by atoms with Gasteiger partial charge in [-0.1, -0.05) is 36.2 Å². The second-order valence-corrected chi connectivity index (χ2v) is 5.04. The van der Waals surface area contributed by atoms with E-state index in [9.17, 15) is 0 Å². The minimum Gasteiger partial charge on any atom is -0.481 e. The highest BCUT2D eigenvalue weighted by atomic mass is 35.5. The number of hydrogen-bond donors (Lipinski definition) is 1. The normalized spacial score (nSPS) is 14.0. The molecule has 0 aliphatic rings. The van der Waals surface area contributed by atoms with Crippen LogP contribution in [0.5, 0.6) is 5.75 Å². The zero-order chi connectivity index (χ0) is 14.5. The highest BCUT2D eigenvalue weighted by Crippen LogP contribution is 2.24. The van der Waals surface area contributed by atoms with Crippen molar-refractivity contribution in [1.82, 2.24) is 10.1 Å². The van der Waals surface area contributed by atoms with Crippen molar-refractivity contribution in [2.24, 2.45) is 5.73 Å². The van der Waals surface area contributed by atoms with Gasteiger partial charge in [0.1, 0.15) is 5.75 Å². The molecule has 2 aromatic rings. The van der Waals surface area contributed by atoms with Gasteiger partial charge in [0.05, 0.1) is 6.04 Å². The van der Waals surface area contributed by atoms with E-state index in [1.54, 1.807) is 12.1 Å². The average Bonchev–Trinajstić information content (AvgIpc) is 2.88. The molecule has 108 valence electrons. The number of nitrogens with two attached hydrogens (primary N) is 1. The Morgan fingerprint density at radius 2 is 2.25 bits per heavy atom. The molecule has 0 aliphatic heterocycles. The second-order valence-electron chi connectivity index (χ2n) is 4.60. The Balaban J connectivity index is 2.04. The van der Waals surface area contributed by atoms with Crippen LogP contribution in [0, 0.1) is 0 Å². The Morgan fingerprint density at radius 1 is 1.45 bits per heavy atom. The summed E-state index contributed by atoms with van der Waals surface area (Å²) in [6.45, 7) is 3.90. The summed E-state index contributed by atoms with van der Waals surface area (Å²) in [5.74, 6) is 1.58. The van der Waals surface area contributed by atoms with Crippen LogP contribution in [0.25, 0.3) is 0 Å². The SMILES string of the molecule is CCCC(N)c1noc(C(C)Oc2cccc(Cl)c2)n1. The zero-order valence-corrected chi connectivity index (χ0v) is 12.3. The van der Waals surface area contributed by atoms with Crippen LogP contribution in [0.2, 0.25) is 5.02 Å². The lowest BCUT2D eigenvalue weighted by atomic mass is 10.2. The van der Waals surface area contributed by atoms with Gasteiger partial charge in [-0.25, -0.2) is 0 Å². The molecule has 2 N–H and O–H groups in total. The van der Waals surface area contributed by atoms with Crippen molar-refractivity contribution in [1.29, 1.82) is 0 Å². The van der Waals surface area contributed by atoms with Gasteiger partial charge in [-0.15, -0.1) is 0 Å². The summed E-state index contributed by atoms with van der Waals surface area (Å²) in [7, 11) is 0. The van der Waals surface area contributed by atoms with Crippen LogP contribution in [0.3, 0.4) is 0 Å². The molecule has 2 rings (SSSR count). The molecule has 1 aromatic carbocycles. The van der Waals surface area contributed by atoms with Gasteiger partial charge in [0.2, 0.25) is 0 Å². The number of rotatable bonds is 6. The first-order valence-corrected chi connectivity index (χ1v) is 6.99. The smallest absolute Gasteiger partial charge is 0.267 e. The monoisotopic (exact) mass is 295 g/mol. The molecule has 0 bridgehead atoms. The summed E-state index contributed by atoms with van der Waals surface area (Å²) in [6.07, 6.45) is 1.44. The maximum atomic E-state index is 5.95. The van der Waals surface area contributed by atoms with Crippen molar-refractivity contribution in [3.05, 3.63) is 41.0 Å². The highest BCUT2D eigenvalue weighted by molar-refractivity contribution is 6.30. The first-order valence-electron chi connectivity index (χ1n) is 6.61. The summed E-state index contributed by atoms with van der Waals surface area (Å²) in [5, 5.41) is 4.51. The Labute approximate surface area is 123 Å². The third-order valence-corrected chi connectivity index (χ3v) is 3.08. The minimum atomic E-state index is -0.358. The van der Waals surface area contributed by atoms with E-state index in [0.29, 0.717) is 22.5 Å². The van der Waals surface area contributed by atoms with Crippen LogP contribution in [-0.2, 0) is 0 Å². The van der Waals surface area contributed by atoms with Gasteiger partial charge >= 0.3 is 0 Å². The van der Waals surface area contributed by atoms with Crippen molar-refractivity contribution in [3.8, 4) is 5.75 Å². The summed E-state index contributed by atoms with van der Waals surface area (Å²) in [6, 6.07) is 6.96. The predicted octanol–water partition coefficient (Wildman–Crippen LogP) is 3.66. The van der Waals surface area contributed by atoms with Gasteiger partial charge < -0.3 is 15.0 Å².